The smallest absolute Gasteiger partial charge is 0.326 e. The molecule has 0 saturated heterocycles. The van der Waals surface area contributed by atoms with Gasteiger partial charge in [-0.3, -0.25) is 14.4 Å². The summed E-state index contributed by atoms with van der Waals surface area (Å²) in [4.78, 5) is 48.4. The summed E-state index contributed by atoms with van der Waals surface area (Å²) in [5, 5.41) is 16.9. The van der Waals surface area contributed by atoms with Crippen molar-refractivity contribution < 1.29 is 24.3 Å². The molecule has 11 heteroatoms. The minimum atomic E-state index is -1.12. The largest absolute Gasteiger partial charge is 0.480 e. The van der Waals surface area contributed by atoms with Crippen LogP contribution < -0.4 is 21.7 Å². The molecule has 0 aromatic carbocycles. The fourth-order valence-electron chi connectivity index (χ4n) is 2.33. The summed E-state index contributed by atoms with van der Waals surface area (Å²) >= 11 is 3.05. The molecule has 0 fully saturated rings. The van der Waals surface area contributed by atoms with E-state index in [0.29, 0.717) is 12.2 Å². The number of thioether (sulfide) groups is 2. The topological polar surface area (TPSA) is 151 Å². The van der Waals surface area contributed by atoms with Gasteiger partial charge in [0.1, 0.15) is 18.1 Å². The Morgan fingerprint density at radius 3 is 1.90 bits per heavy atom. The Kier molecular flexibility index (Phi) is 13.8. The maximum Gasteiger partial charge on any atom is 0.326 e. The van der Waals surface area contributed by atoms with Crippen molar-refractivity contribution >= 4 is 47.2 Å². The van der Waals surface area contributed by atoms with Gasteiger partial charge in [-0.2, -0.15) is 23.5 Å². The number of nitrogens with two attached hydrogens (primary N) is 1. The van der Waals surface area contributed by atoms with Crippen LogP contribution in [0.15, 0.2) is 0 Å². The number of rotatable bonds is 14. The first-order valence-corrected chi connectivity index (χ1v) is 12.2. The van der Waals surface area contributed by atoms with Crippen molar-refractivity contribution in [1.82, 2.24) is 16.0 Å². The molecule has 0 bridgehead atoms. The third-order valence-electron chi connectivity index (χ3n) is 4.19. The molecule has 0 aliphatic rings. The highest BCUT2D eigenvalue weighted by molar-refractivity contribution is 7.98. The first-order chi connectivity index (χ1) is 13.5. The number of carbonyl (C=O) groups excluding carboxylic acids is 3. The molecule has 29 heavy (non-hydrogen) atoms. The molecule has 0 heterocycles. The molecule has 0 radical (unpaired) electrons. The number of hydrogen-bond donors (Lipinski definition) is 5. The minimum Gasteiger partial charge on any atom is -0.480 e. The van der Waals surface area contributed by atoms with E-state index in [1.165, 1.54) is 18.7 Å². The van der Waals surface area contributed by atoms with E-state index < -0.39 is 47.9 Å². The minimum absolute atomic E-state index is 0.277. The van der Waals surface area contributed by atoms with Gasteiger partial charge in [0.05, 0.1) is 6.04 Å². The van der Waals surface area contributed by atoms with E-state index in [-0.39, 0.29) is 12.3 Å². The molecule has 0 aliphatic carbocycles. The van der Waals surface area contributed by atoms with E-state index in [9.17, 15) is 24.3 Å². The number of amides is 3. The summed E-state index contributed by atoms with van der Waals surface area (Å²) in [5.74, 6) is -1.64. The third-order valence-corrected chi connectivity index (χ3v) is 5.48. The number of aliphatic carboxylic acids is 1. The van der Waals surface area contributed by atoms with Crippen LogP contribution in [0.3, 0.4) is 0 Å². The highest BCUT2D eigenvalue weighted by Gasteiger charge is 2.30. The standard InChI is InChI=1S/C18H34N4O5S2/c1-10(2)14(17(25)21-13(18(26)27)7-9-29-5)22-15(23)11(3)20-16(24)12(19)6-8-28-4/h10-14H,6-9,19H2,1-5H3,(H,20,24)(H,21,25)(H,22,23)(H,26,27). The van der Waals surface area contributed by atoms with Crippen LogP contribution in [0.1, 0.15) is 33.6 Å². The number of carboxylic acids is 1. The van der Waals surface area contributed by atoms with E-state index >= 15 is 0 Å². The van der Waals surface area contributed by atoms with Crippen molar-refractivity contribution in [3.63, 3.8) is 0 Å². The van der Waals surface area contributed by atoms with Crippen molar-refractivity contribution in [3.8, 4) is 0 Å². The summed E-state index contributed by atoms with van der Waals surface area (Å²) in [6, 6.07) is -3.55. The zero-order chi connectivity index (χ0) is 22.6. The van der Waals surface area contributed by atoms with Gasteiger partial charge < -0.3 is 26.8 Å². The van der Waals surface area contributed by atoms with E-state index in [4.69, 9.17) is 5.73 Å². The van der Waals surface area contributed by atoms with Gasteiger partial charge in [-0.1, -0.05) is 13.8 Å². The molecule has 0 aromatic rings. The second kappa shape index (κ2) is 14.5. The van der Waals surface area contributed by atoms with Gasteiger partial charge in [0.25, 0.3) is 0 Å². The van der Waals surface area contributed by atoms with Crippen molar-refractivity contribution in [3.05, 3.63) is 0 Å². The Bertz CT molecular complexity index is 562. The normalized spacial score (nSPS) is 15.1. The molecular weight excluding hydrogens is 416 g/mol. The van der Waals surface area contributed by atoms with Gasteiger partial charge >= 0.3 is 5.97 Å². The van der Waals surface area contributed by atoms with Gasteiger partial charge in [0.2, 0.25) is 17.7 Å². The van der Waals surface area contributed by atoms with Crippen molar-refractivity contribution in [2.45, 2.75) is 57.8 Å². The molecule has 3 amide bonds. The second-order valence-corrected chi connectivity index (χ2v) is 9.00. The molecule has 0 aliphatic heterocycles. The highest BCUT2D eigenvalue weighted by Crippen LogP contribution is 2.06. The van der Waals surface area contributed by atoms with Crippen LogP contribution in [0.2, 0.25) is 0 Å². The average molecular weight is 451 g/mol. The predicted octanol–water partition coefficient (Wildman–Crippen LogP) is 0.0348. The summed E-state index contributed by atoms with van der Waals surface area (Å²) in [6.45, 7) is 4.98. The Morgan fingerprint density at radius 2 is 1.41 bits per heavy atom. The van der Waals surface area contributed by atoms with E-state index in [0.717, 1.165) is 5.75 Å². The summed E-state index contributed by atoms with van der Waals surface area (Å²) in [7, 11) is 0. The molecular formula is C18H34N4O5S2. The van der Waals surface area contributed by atoms with Gasteiger partial charge in [0.15, 0.2) is 0 Å². The monoisotopic (exact) mass is 450 g/mol. The van der Waals surface area contributed by atoms with Gasteiger partial charge in [-0.25, -0.2) is 4.79 Å². The van der Waals surface area contributed by atoms with E-state index in [1.54, 1.807) is 25.6 Å². The third kappa shape index (κ3) is 10.8. The first-order valence-electron chi connectivity index (χ1n) is 9.42. The van der Waals surface area contributed by atoms with Crippen LogP contribution in [0.4, 0.5) is 0 Å². The molecule has 0 aromatic heterocycles. The maximum atomic E-state index is 12.6. The van der Waals surface area contributed by atoms with Crippen molar-refractivity contribution in [2.24, 2.45) is 11.7 Å². The quantitative estimate of drug-likeness (QED) is 0.249. The summed E-state index contributed by atoms with van der Waals surface area (Å²) < 4.78 is 0. The lowest BCUT2D eigenvalue weighted by molar-refractivity contribution is -0.142. The zero-order valence-corrected chi connectivity index (χ0v) is 19.3. The van der Waals surface area contributed by atoms with E-state index in [1.807, 2.05) is 12.5 Å². The lowest BCUT2D eigenvalue weighted by Crippen LogP contribution is -2.57. The number of nitrogens with one attached hydrogen (secondary N) is 3. The molecule has 0 spiro atoms. The second-order valence-electron chi connectivity index (χ2n) is 7.03. The van der Waals surface area contributed by atoms with Crippen LogP contribution in [-0.4, -0.2) is 77.0 Å². The number of carboxylic acid groups (broad SMARTS) is 1. The lowest BCUT2D eigenvalue weighted by Gasteiger charge is -2.26. The first kappa shape index (κ1) is 27.5. The van der Waals surface area contributed by atoms with Crippen LogP contribution in [-0.2, 0) is 19.2 Å². The molecule has 6 N–H and O–H groups in total. The predicted molar refractivity (Wildman–Crippen MR) is 118 cm³/mol. The Labute approximate surface area is 181 Å². The fourth-order valence-corrected chi connectivity index (χ4v) is 3.29. The fraction of sp³-hybridized carbons (Fsp3) is 0.778. The Balaban J connectivity index is 4.91. The Morgan fingerprint density at radius 1 is 0.862 bits per heavy atom. The molecule has 4 atom stereocenters. The van der Waals surface area contributed by atoms with Gasteiger partial charge in [0, 0.05) is 0 Å². The van der Waals surface area contributed by atoms with Crippen LogP contribution in [0, 0.1) is 5.92 Å². The zero-order valence-electron chi connectivity index (χ0n) is 17.7. The van der Waals surface area contributed by atoms with Crippen LogP contribution >= 0.6 is 23.5 Å². The average Bonchev–Trinajstić information content (AvgIpc) is 2.65. The van der Waals surface area contributed by atoms with Gasteiger partial charge in [-0.05, 0) is 49.7 Å². The Hall–Kier alpha value is -1.46. The molecule has 168 valence electrons. The molecule has 0 saturated carbocycles. The lowest BCUT2D eigenvalue weighted by atomic mass is 10.0. The molecule has 4 unspecified atom stereocenters. The molecule has 9 nitrogen and oxygen atoms in total. The van der Waals surface area contributed by atoms with Gasteiger partial charge in [-0.15, -0.1) is 0 Å². The summed E-state index contributed by atoms with van der Waals surface area (Å²) in [6.07, 6.45) is 4.53. The van der Waals surface area contributed by atoms with Crippen molar-refractivity contribution in [1.29, 1.82) is 0 Å². The maximum absolute atomic E-state index is 12.6. The SMILES string of the molecule is CSCCC(N)C(=O)NC(C)C(=O)NC(C(=O)NC(CCSC)C(=O)O)C(C)C. The van der Waals surface area contributed by atoms with Crippen molar-refractivity contribution in [2.75, 3.05) is 24.0 Å². The highest BCUT2D eigenvalue weighted by atomic mass is 32.2. The van der Waals surface area contributed by atoms with Crippen LogP contribution in [0.5, 0.6) is 0 Å². The van der Waals surface area contributed by atoms with Crippen LogP contribution in [0.25, 0.3) is 0 Å². The van der Waals surface area contributed by atoms with E-state index in [2.05, 4.69) is 16.0 Å². The number of carbonyl (C=O) groups is 4. The summed E-state index contributed by atoms with van der Waals surface area (Å²) in [5.41, 5.74) is 5.79. The number of hydrogen-bond acceptors (Lipinski definition) is 7. The molecule has 0 rings (SSSR count).